The van der Waals surface area contributed by atoms with Crippen LogP contribution in [0.5, 0.6) is 0 Å². The van der Waals surface area contributed by atoms with Crippen LogP contribution < -0.4 is 0 Å². The van der Waals surface area contributed by atoms with E-state index in [1.165, 1.54) is 0 Å². The Kier molecular flexibility index (Phi) is 2.85. The largest absolute Gasteiger partial charge is 0.143 e. The summed E-state index contributed by atoms with van der Waals surface area (Å²) in [6.07, 6.45) is 0. The highest BCUT2D eigenvalue weighted by molar-refractivity contribution is 7.80. The number of rotatable bonds is 1. The molecular formula is C12H10S2. The second-order valence-corrected chi connectivity index (χ2v) is 4.00. The normalized spacial score (nSPS) is 10.1. The molecule has 0 radical (unpaired) electrons. The van der Waals surface area contributed by atoms with Crippen LogP contribution in [0.15, 0.2) is 58.3 Å². The minimum Gasteiger partial charge on any atom is -0.143 e. The Morgan fingerprint density at radius 2 is 0.929 bits per heavy atom. The molecule has 0 bridgehead atoms. The van der Waals surface area contributed by atoms with Gasteiger partial charge >= 0.3 is 0 Å². The lowest BCUT2D eigenvalue weighted by atomic mass is 10.1. The van der Waals surface area contributed by atoms with Gasteiger partial charge in [0.2, 0.25) is 0 Å². The lowest BCUT2D eigenvalue weighted by molar-refractivity contribution is 1.39. The average Bonchev–Trinajstić information content (AvgIpc) is 2.20. The quantitative estimate of drug-likeness (QED) is 0.666. The first kappa shape index (κ1) is 9.69. The van der Waals surface area contributed by atoms with E-state index in [-0.39, 0.29) is 0 Å². The zero-order valence-corrected chi connectivity index (χ0v) is 9.30. The van der Waals surface area contributed by atoms with Crippen molar-refractivity contribution in [3.63, 3.8) is 0 Å². The maximum Gasteiger partial charge on any atom is 0.0119 e. The fourth-order valence-electron chi connectivity index (χ4n) is 1.40. The maximum atomic E-state index is 4.42. The van der Waals surface area contributed by atoms with Gasteiger partial charge in [-0.05, 0) is 23.3 Å². The summed E-state index contributed by atoms with van der Waals surface area (Å²) in [6, 6.07) is 16.1. The maximum absolute atomic E-state index is 4.42. The molecule has 0 aliphatic carbocycles. The van der Waals surface area contributed by atoms with Crippen LogP contribution in [0.25, 0.3) is 11.1 Å². The predicted molar refractivity (Wildman–Crippen MR) is 66.4 cm³/mol. The van der Waals surface area contributed by atoms with Gasteiger partial charge in [-0.15, -0.1) is 25.3 Å². The summed E-state index contributed by atoms with van der Waals surface area (Å²) < 4.78 is 0. The molecule has 2 rings (SSSR count). The van der Waals surface area contributed by atoms with Crippen molar-refractivity contribution in [1.29, 1.82) is 0 Å². The fraction of sp³-hybridized carbons (Fsp3) is 0. The average molecular weight is 218 g/mol. The topological polar surface area (TPSA) is 0 Å². The second kappa shape index (κ2) is 4.11. The summed E-state index contributed by atoms with van der Waals surface area (Å²) in [6.45, 7) is 0. The molecule has 0 aliphatic heterocycles. The number of thiol groups is 2. The van der Waals surface area contributed by atoms with Crippen molar-refractivity contribution in [3.8, 4) is 11.1 Å². The van der Waals surface area contributed by atoms with Gasteiger partial charge in [-0.1, -0.05) is 36.4 Å². The van der Waals surface area contributed by atoms with Gasteiger partial charge in [-0.25, -0.2) is 0 Å². The Morgan fingerprint density at radius 3 is 1.29 bits per heavy atom. The van der Waals surface area contributed by atoms with Crippen LogP contribution in [-0.2, 0) is 0 Å². The Labute approximate surface area is 94.8 Å². The van der Waals surface area contributed by atoms with E-state index >= 15 is 0 Å². The van der Waals surface area contributed by atoms with E-state index in [2.05, 4.69) is 37.4 Å². The summed E-state index contributed by atoms with van der Waals surface area (Å²) in [5.41, 5.74) is 2.25. The number of hydrogen-bond acceptors (Lipinski definition) is 2. The van der Waals surface area contributed by atoms with E-state index in [1.807, 2.05) is 36.4 Å². The molecule has 0 aromatic heterocycles. The summed E-state index contributed by atoms with van der Waals surface area (Å²) in [4.78, 5) is 1.96. The van der Waals surface area contributed by atoms with Crippen LogP contribution in [-0.4, -0.2) is 0 Å². The van der Waals surface area contributed by atoms with Gasteiger partial charge in [0.05, 0.1) is 0 Å². The van der Waals surface area contributed by atoms with E-state index < -0.39 is 0 Å². The molecule has 0 saturated heterocycles. The third-order valence-corrected chi connectivity index (χ3v) is 2.88. The Morgan fingerprint density at radius 1 is 0.571 bits per heavy atom. The van der Waals surface area contributed by atoms with Crippen molar-refractivity contribution in [2.45, 2.75) is 9.79 Å². The fourth-order valence-corrected chi connectivity index (χ4v) is 1.96. The molecule has 0 heterocycles. The van der Waals surface area contributed by atoms with Gasteiger partial charge in [-0.2, -0.15) is 0 Å². The van der Waals surface area contributed by atoms with E-state index in [0.717, 1.165) is 20.9 Å². The third kappa shape index (κ3) is 1.81. The molecule has 0 N–H and O–H groups in total. The van der Waals surface area contributed by atoms with Crippen LogP contribution in [0.4, 0.5) is 0 Å². The van der Waals surface area contributed by atoms with Gasteiger partial charge in [0, 0.05) is 9.79 Å². The first-order valence-electron chi connectivity index (χ1n) is 4.35. The van der Waals surface area contributed by atoms with Crippen LogP contribution >= 0.6 is 25.3 Å². The lowest BCUT2D eigenvalue weighted by Crippen LogP contribution is -1.81. The second-order valence-electron chi connectivity index (χ2n) is 3.03. The highest BCUT2D eigenvalue weighted by Gasteiger charge is 2.03. The third-order valence-electron chi connectivity index (χ3n) is 2.10. The molecular weight excluding hydrogens is 208 g/mol. The van der Waals surface area contributed by atoms with Crippen LogP contribution in [0.3, 0.4) is 0 Å². The highest BCUT2D eigenvalue weighted by atomic mass is 32.1. The van der Waals surface area contributed by atoms with Gasteiger partial charge < -0.3 is 0 Å². The van der Waals surface area contributed by atoms with Crippen molar-refractivity contribution in [2.75, 3.05) is 0 Å². The van der Waals surface area contributed by atoms with E-state index in [4.69, 9.17) is 0 Å². The number of hydrogen-bond donors (Lipinski definition) is 2. The molecule has 2 heteroatoms. The minimum atomic E-state index is 0.981. The molecule has 0 fully saturated rings. The SMILES string of the molecule is Sc1ccccc1-c1ccccc1S. The van der Waals surface area contributed by atoms with Crippen molar-refractivity contribution >= 4 is 25.3 Å². The van der Waals surface area contributed by atoms with Gasteiger partial charge in [0.15, 0.2) is 0 Å². The van der Waals surface area contributed by atoms with Crippen LogP contribution in [0, 0.1) is 0 Å². The summed E-state index contributed by atoms with van der Waals surface area (Å²) >= 11 is 8.85. The first-order valence-corrected chi connectivity index (χ1v) is 5.25. The number of benzene rings is 2. The van der Waals surface area contributed by atoms with Crippen molar-refractivity contribution < 1.29 is 0 Å². The monoisotopic (exact) mass is 218 g/mol. The molecule has 2 aromatic carbocycles. The Hall–Kier alpha value is -0.860. The van der Waals surface area contributed by atoms with E-state index in [1.54, 1.807) is 0 Å². The summed E-state index contributed by atoms with van der Waals surface area (Å²) in [5, 5.41) is 0. The molecule has 2 aromatic rings. The van der Waals surface area contributed by atoms with Crippen LogP contribution in [0.2, 0.25) is 0 Å². The smallest absolute Gasteiger partial charge is 0.0119 e. The first-order chi connectivity index (χ1) is 6.79. The lowest BCUT2D eigenvalue weighted by Gasteiger charge is -2.06. The molecule has 14 heavy (non-hydrogen) atoms. The molecule has 0 amide bonds. The van der Waals surface area contributed by atoms with Gasteiger partial charge in [0.25, 0.3) is 0 Å². The zero-order chi connectivity index (χ0) is 9.97. The highest BCUT2D eigenvalue weighted by Crippen LogP contribution is 2.30. The minimum absolute atomic E-state index is 0.981. The molecule has 0 aliphatic rings. The molecule has 0 unspecified atom stereocenters. The predicted octanol–water partition coefficient (Wildman–Crippen LogP) is 3.93. The molecule has 0 atom stereocenters. The Bertz CT molecular complexity index is 406. The van der Waals surface area contributed by atoms with Crippen molar-refractivity contribution in [3.05, 3.63) is 48.5 Å². The van der Waals surface area contributed by atoms with Gasteiger partial charge in [-0.3, -0.25) is 0 Å². The zero-order valence-electron chi connectivity index (χ0n) is 7.51. The summed E-state index contributed by atoms with van der Waals surface area (Å²) in [5.74, 6) is 0. The van der Waals surface area contributed by atoms with E-state index in [0.29, 0.717) is 0 Å². The van der Waals surface area contributed by atoms with Crippen molar-refractivity contribution in [1.82, 2.24) is 0 Å². The van der Waals surface area contributed by atoms with Crippen LogP contribution in [0.1, 0.15) is 0 Å². The molecule has 0 nitrogen and oxygen atoms in total. The standard InChI is InChI=1S/C12H10S2/c13-11-7-3-1-5-9(11)10-6-2-4-8-12(10)14/h1-8,13-14H. The molecule has 0 saturated carbocycles. The van der Waals surface area contributed by atoms with E-state index in [9.17, 15) is 0 Å². The Balaban J connectivity index is 2.61. The van der Waals surface area contributed by atoms with Gasteiger partial charge in [0.1, 0.15) is 0 Å². The molecule has 0 spiro atoms. The summed E-state index contributed by atoms with van der Waals surface area (Å²) in [7, 11) is 0. The van der Waals surface area contributed by atoms with Crippen molar-refractivity contribution in [2.24, 2.45) is 0 Å². The molecule has 70 valence electrons.